The van der Waals surface area contributed by atoms with Gasteiger partial charge in [-0.1, -0.05) is 19.3 Å². The number of aryl methyl sites for hydroxylation is 2. The Balaban J connectivity index is 1.75. The number of nitrogens with zero attached hydrogens (tertiary/aromatic N) is 3. The molecule has 1 aromatic rings. The summed E-state index contributed by atoms with van der Waals surface area (Å²) < 4.78 is 2.02. The second-order valence-electron chi connectivity index (χ2n) is 6.69. The molecule has 1 aliphatic heterocycles. The minimum Gasteiger partial charge on any atom is -0.357 e. The minimum atomic E-state index is 0.566. The summed E-state index contributed by atoms with van der Waals surface area (Å²) in [6.45, 7) is 4.40. The van der Waals surface area contributed by atoms with E-state index in [4.69, 9.17) is 11.6 Å². The number of hydrogen-bond donors (Lipinski definition) is 0. The third kappa shape index (κ3) is 2.45. The SMILES string of the molecule is Cc1nn(C)c(N2CCC3(CCCCC3)CC2)c1CCl. The second-order valence-corrected chi connectivity index (χ2v) is 6.96. The first kappa shape index (κ1) is 14.2. The fourth-order valence-corrected chi connectivity index (χ4v) is 4.55. The summed E-state index contributed by atoms with van der Waals surface area (Å²) in [5.74, 6) is 1.82. The number of hydrogen-bond acceptors (Lipinski definition) is 2. The smallest absolute Gasteiger partial charge is 0.131 e. The highest BCUT2D eigenvalue weighted by Crippen LogP contribution is 2.45. The highest BCUT2D eigenvalue weighted by Gasteiger charge is 2.36. The standard InChI is InChI=1S/C16H26ClN3/c1-13-14(12-17)15(19(2)18-13)20-10-8-16(9-11-20)6-4-3-5-7-16/h3-12H2,1-2H3. The van der Waals surface area contributed by atoms with Crippen LogP contribution in [0, 0.1) is 12.3 Å². The van der Waals surface area contributed by atoms with Gasteiger partial charge in [0, 0.05) is 25.7 Å². The van der Waals surface area contributed by atoms with Crippen LogP contribution in [-0.4, -0.2) is 22.9 Å². The maximum Gasteiger partial charge on any atom is 0.131 e. The molecule has 3 nitrogen and oxygen atoms in total. The first-order valence-electron chi connectivity index (χ1n) is 7.99. The number of aromatic nitrogens is 2. The Morgan fingerprint density at radius 2 is 1.75 bits per heavy atom. The van der Waals surface area contributed by atoms with E-state index in [0.717, 1.165) is 5.69 Å². The van der Waals surface area contributed by atoms with Crippen molar-refractivity contribution in [3.63, 3.8) is 0 Å². The van der Waals surface area contributed by atoms with E-state index in [0.29, 0.717) is 11.3 Å². The van der Waals surface area contributed by atoms with Crippen molar-refractivity contribution in [3.8, 4) is 0 Å². The van der Waals surface area contributed by atoms with Crippen LogP contribution >= 0.6 is 11.6 Å². The van der Waals surface area contributed by atoms with Crippen LogP contribution in [0.5, 0.6) is 0 Å². The predicted molar refractivity (Wildman–Crippen MR) is 84.5 cm³/mol. The van der Waals surface area contributed by atoms with Crippen LogP contribution in [0.2, 0.25) is 0 Å². The molecular formula is C16H26ClN3. The molecule has 1 aromatic heterocycles. The molecule has 1 saturated carbocycles. The zero-order chi connectivity index (χ0) is 14.2. The molecule has 1 spiro atoms. The molecule has 4 heteroatoms. The number of alkyl halides is 1. The normalized spacial score (nSPS) is 22.4. The zero-order valence-corrected chi connectivity index (χ0v) is 13.5. The molecule has 2 heterocycles. The number of rotatable bonds is 2. The highest BCUT2D eigenvalue weighted by atomic mass is 35.5. The average molecular weight is 296 g/mol. The fourth-order valence-electron chi connectivity index (χ4n) is 4.24. The third-order valence-corrected chi connectivity index (χ3v) is 5.75. The van der Waals surface area contributed by atoms with E-state index in [1.165, 1.54) is 69.4 Å². The average Bonchev–Trinajstić information content (AvgIpc) is 2.75. The van der Waals surface area contributed by atoms with Crippen molar-refractivity contribution in [2.75, 3.05) is 18.0 Å². The van der Waals surface area contributed by atoms with Crippen molar-refractivity contribution in [2.24, 2.45) is 12.5 Å². The lowest BCUT2D eigenvalue weighted by Crippen LogP contribution is -2.42. The van der Waals surface area contributed by atoms with Gasteiger partial charge < -0.3 is 4.90 Å². The second kappa shape index (κ2) is 5.59. The lowest BCUT2D eigenvalue weighted by molar-refractivity contribution is 0.143. The molecular weight excluding hydrogens is 270 g/mol. The predicted octanol–water partition coefficient (Wildman–Crippen LogP) is 4.02. The Kier molecular flexibility index (Phi) is 3.98. The maximum absolute atomic E-state index is 6.13. The molecule has 20 heavy (non-hydrogen) atoms. The number of anilines is 1. The van der Waals surface area contributed by atoms with Gasteiger partial charge in [-0.25, -0.2) is 0 Å². The van der Waals surface area contributed by atoms with Gasteiger partial charge in [0.2, 0.25) is 0 Å². The molecule has 2 aliphatic rings. The molecule has 2 fully saturated rings. The molecule has 0 atom stereocenters. The first-order chi connectivity index (χ1) is 9.65. The van der Waals surface area contributed by atoms with E-state index >= 15 is 0 Å². The number of piperidine rings is 1. The van der Waals surface area contributed by atoms with Crippen molar-refractivity contribution in [1.82, 2.24) is 9.78 Å². The zero-order valence-electron chi connectivity index (χ0n) is 12.8. The fraction of sp³-hybridized carbons (Fsp3) is 0.812. The van der Waals surface area contributed by atoms with Crippen molar-refractivity contribution >= 4 is 17.4 Å². The highest BCUT2D eigenvalue weighted by molar-refractivity contribution is 6.17. The van der Waals surface area contributed by atoms with Gasteiger partial charge in [0.15, 0.2) is 0 Å². The monoisotopic (exact) mass is 295 g/mol. The van der Waals surface area contributed by atoms with Gasteiger partial charge >= 0.3 is 0 Å². The Morgan fingerprint density at radius 3 is 2.35 bits per heavy atom. The summed E-state index contributed by atoms with van der Waals surface area (Å²) in [6, 6.07) is 0. The van der Waals surface area contributed by atoms with Crippen LogP contribution in [0.4, 0.5) is 5.82 Å². The quantitative estimate of drug-likeness (QED) is 0.769. The van der Waals surface area contributed by atoms with Crippen LogP contribution in [0.1, 0.15) is 56.2 Å². The molecule has 3 rings (SSSR count). The van der Waals surface area contributed by atoms with Crippen molar-refractivity contribution in [3.05, 3.63) is 11.3 Å². The van der Waals surface area contributed by atoms with Crippen molar-refractivity contribution < 1.29 is 0 Å². The van der Waals surface area contributed by atoms with Gasteiger partial charge in [-0.3, -0.25) is 4.68 Å². The van der Waals surface area contributed by atoms with Gasteiger partial charge in [0.25, 0.3) is 0 Å². The first-order valence-corrected chi connectivity index (χ1v) is 8.52. The van der Waals surface area contributed by atoms with Gasteiger partial charge in [-0.2, -0.15) is 5.10 Å². The third-order valence-electron chi connectivity index (χ3n) is 5.48. The molecule has 0 bridgehead atoms. The van der Waals surface area contributed by atoms with Crippen LogP contribution in [0.3, 0.4) is 0 Å². The molecule has 1 saturated heterocycles. The molecule has 0 aromatic carbocycles. The molecule has 0 N–H and O–H groups in total. The van der Waals surface area contributed by atoms with Gasteiger partial charge in [-0.15, -0.1) is 11.6 Å². The molecule has 1 aliphatic carbocycles. The van der Waals surface area contributed by atoms with Crippen LogP contribution in [0.25, 0.3) is 0 Å². The van der Waals surface area contributed by atoms with Crippen molar-refractivity contribution in [1.29, 1.82) is 0 Å². The summed E-state index contributed by atoms with van der Waals surface area (Å²) in [6.07, 6.45) is 9.93. The lowest BCUT2D eigenvalue weighted by Gasteiger charge is -2.45. The largest absolute Gasteiger partial charge is 0.357 e. The van der Waals surface area contributed by atoms with Gasteiger partial charge in [-0.05, 0) is 38.0 Å². The Labute approximate surface area is 127 Å². The topological polar surface area (TPSA) is 21.1 Å². The molecule has 112 valence electrons. The Bertz CT molecular complexity index is 464. The van der Waals surface area contributed by atoms with Crippen LogP contribution in [-0.2, 0) is 12.9 Å². The summed E-state index contributed by atoms with van der Waals surface area (Å²) in [7, 11) is 2.05. The van der Waals surface area contributed by atoms with E-state index < -0.39 is 0 Å². The summed E-state index contributed by atoms with van der Waals surface area (Å²) in [5, 5.41) is 4.55. The van der Waals surface area contributed by atoms with E-state index in [1.807, 2.05) is 11.7 Å². The Hall–Kier alpha value is -0.700. The van der Waals surface area contributed by atoms with E-state index in [9.17, 15) is 0 Å². The van der Waals surface area contributed by atoms with Crippen LogP contribution in [0.15, 0.2) is 0 Å². The summed E-state index contributed by atoms with van der Waals surface area (Å²) >= 11 is 6.13. The minimum absolute atomic E-state index is 0.566. The summed E-state index contributed by atoms with van der Waals surface area (Å²) in [4.78, 5) is 2.51. The van der Waals surface area contributed by atoms with E-state index in [1.54, 1.807) is 0 Å². The van der Waals surface area contributed by atoms with Gasteiger partial charge in [0.05, 0.1) is 11.6 Å². The Morgan fingerprint density at radius 1 is 1.10 bits per heavy atom. The molecule has 0 unspecified atom stereocenters. The maximum atomic E-state index is 6.13. The summed E-state index contributed by atoms with van der Waals surface area (Å²) in [5.41, 5.74) is 2.95. The van der Waals surface area contributed by atoms with Crippen LogP contribution < -0.4 is 4.90 Å². The van der Waals surface area contributed by atoms with Crippen molar-refractivity contribution in [2.45, 2.75) is 57.7 Å². The molecule has 0 amide bonds. The number of halogens is 1. The lowest BCUT2D eigenvalue weighted by atomic mass is 9.68. The van der Waals surface area contributed by atoms with Gasteiger partial charge in [0.1, 0.15) is 5.82 Å². The van der Waals surface area contributed by atoms with E-state index in [2.05, 4.69) is 16.9 Å². The van der Waals surface area contributed by atoms with E-state index in [-0.39, 0.29) is 0 Å². The molecule has 0 radical (unpaired) electrons.